The molecule has 2 atom stereocenters. The molecule has 0 aliphatic heterocycles. The molecule has 0 amide bonds. The minimum absolute atomic E-state index is 0.0421. The van der Waals surface area contributed by atoms with E-state index in [1.54, 1.807) is 7.11 Å². The highest BCUT2D eigenvalue weighted by atomic mass is 32.4. The average Bonchev–Trinajstić information content (AvgIpc) is 2.62. The highest BCUT2D eigenvalue weighted by Crippen LogP contribution is 2.54. The van der Waals surface area contributed by atoms with Gasteiger partial charge in [-0.3, -0.25) is 4.99 Å². The first-order chi connectivity index (χ1) is 13.7. The number of rotatable bonds is 4. The second kappa shape index (κ2) is 9.05. The highest BCUT2D eigenvalue weighted by molar-refractivity contribution is 7.98. The molecule has 2 rings (SSSR count). The summed E-state index contributed by atoms with van der Waals surface area (Å²) >= 11 is 5.68. The Morgan fingerprint density at radius 1 is 0.933 bits per heavy atom. The van der Waals surface area contributed by atoms with Crippen LogP contribution in [0.5, 0.6) is 5.75 Å². The third-order valence-corrected chi connectivity index (χ3v) is 7.06. The van der Waals surface area contributed by atoms with Gasteiger partial charge in [0.05, 0.1) is 12.8 Å². The lowest BCUT2D eigenvalue weighted by Crippen LogP contribution is -2.38. The molecule has 4 heteroatoms. The summed E-state index contributed by atoms with van der Waals surface area (Å²) in [5.74, 6) is 1.37. The first-order valence-electron chi connectivity index (χ1n) is 10.7. The maximum absolute atomic E-state index is 5.68. The molecule has 0 N–H and O–H groups in total. The molecule has 164 valence electrons. The zero-order valence-corrected chi connectivity index (χ0v) is 22.0. The van der Waals surface area contributed by atoms with Crippen LogP contribution in [0.1, 0.15) is 62.3 Å². The third kappa shape index (κ3) is 5.68. The van der Waals surface area contributed by atoms with Crippen LogP contribution in [0, 0.1) is 28.1 Å². The molecule has 1 aliphatic rings. The lowest BCUT2D eigenvalue weighted by molar-refractivity contribution is 0.237. The Bertz CT molecular complexity index is 858. The van der Waals surface area contributed by atoms with E-state index in [9.17, 15) is 0 Å². The van der Waals surface area contributed by atoms with Crippen LogP contribution in [-0.2, 0) is 11.8 Å². The summed E-state index contributed by atoms with van der Waals surface area (Å²) in [5.41, 5.74) is 3.95. The van der Waals surface area contributed by atoms with Crippen LogP contribution >= 0.6 is 7.36 Å². The second-order valence-electron chi connectivity index (χ2n) is 11.3. The van der Waals surface area contributed by atoms with E-state index in [0.29, 0.717) is 5.92 Å². The summed E-state index contributed by atoms with van der Waals surface area (Å²) in [6, 6.07) is 7.93. The van der Waals surface area contributed by atoms with E-state index in [4.69, 9.17) is 21.5 Å². The third-order valence-electron chi connectivity index (χ3n) is 5.75. The quantitative estimate of drug-likeness (QED) is 0.344. The van der Waals surface area contributed by atoms with Crippen molar-refractivity contribution in [1.82, 2.24) is 0 Å². The second-order valence-corrected chi connectivity index (χ2v) is 12.5. The molecule has 2 unspecified atom stereocenters. The average molecular weight is 444 g/mol. The molecular formula is C26H38NOPS. The van der Waals surface area contributed by atoms with E-state index < -0.39 is 0 Å². The van der Waals surface area contributed by atoms with Crippen molar-refractivity contribution >= 4 is 31.1 Å². The Labute approximate surface area is 190 Å². The molecule has 1 aromatic rings. The minimum Gasteiger partial charge on any atom is -0.497 e. The summed E-state index contributed by atoms with van der Waals surface area (Å²) in [7, 11) is 2.62. The molecule has 30 heavy (non-hydrogen) atoms. The Hall–Kier alpha value is -1.31. The van der Waals surface area contributed by atoms with Crippen molar-refractivity contribution < 1.29 is 4.74 Å². The van der Waals surface area contributed by atoms with Crippen molar-refractivity contribution in [1.29, 1.82) is 0 Å². The van der Waals surface area contributed by atoms with E-state index in [1.165, 1.54) is 16.5 Å². The standard InChI is InChI=1S/C26H38NOPS/c1-24(2,3)20-15-21(25(4,5)6)23(29-30)22(26(7,8)9)19(20)16-27-17-11-13-18(28-10)14-12-17/h11-16,19,22H,1-10H3. The van der Waals surface area contributed by atoms with Gasteiger partial charge in [0.1, 0.15) is 5.75 Å². The van der Waals surface area contributed by atoms with Crippen molar-refractivity contribution in [3.63, 3.8) is 0 Å². The minimum atomic E-state index is 0.0421. The first kappa shape index (κ1) is 25.0. The van der Waals surface area contributed by atoms with Crippen LogP contribution < -0.4 is 4.74 Å². The van der Waals surface area contributed by atoms with Gasteiger partial charge in [-0.05, 0) is 51.4 Å². The van der Waals surface area contributed by atoms with Gasteiger partial charge in [0, 0.05) is 25.4 Å². The molecular weight excluding hydrogens is 405 g/mol. The molecule has 0 radical (unpaired) electrons. The fraction of sp³-hybridized carbons (Fsp3) is 0.577. The van der Waals surface area contributed by atoms with Crippen molar-refractivity contribution in [2.75, 3.05) is 7.11 Å². The fourth-order valence-electron chi connectivity index (χ4n) is 4.22. The Morgan fingerprint density at radius 3 is 1.90 bits per heavy atom. The summed E-state index contributed by atoms with van der Waals surface area (Å²) in [4.78, 5) is 4.91. The first-order valence-corrected chi connectivity index (χ1v) is 12.6. The molecule has 1 aromatic carbocycles. The van der Waals surface area contributed by atoms with Crippen LogP contribution in [-0.4, -0.2) is 13.3 Å². The highest BCUT2D eigenvalue weighted by Gasteiger charge is 2.43. The Kier molecular flexibility index (Phi) is 7.53. The molecule has 2 nitrogen and oxygen atoms in total. The van der Waals surface area contributed by atoms with E-state index >= 15 is 0 Å². The van der Waals surface area contributed by atoms with E-state index in [0.717, 1.165) is 18.8 Å². The lowest BCUT2D eigenvalue weighted by Gasteiger charge is -2.45. The van der Waals surface area contributed by atoms with Crippen molar-refractivity contribution in [3.05, 3.63) is 46.8 Å². The maximum atomic E-state index is 5.68. The van der Waals surface area contributed by atoms with Crippen LogP contribution in [0.25, 0.3) is 0 Å². The van der Waals surface area contributed by atoms with E-state index in [2.05, 4.69) is 74.6 Å². The van der Waals surface area contributed by atoms with Gasteiger partial charge in [0.25, 0.3) is 0 Å². The summed E-state index contributed by atoms with van der Waals surface area (Å²) in [5, 5.41) is 1.38. The zero-order valence-electron chi connectivity index (χ0n) is 20.3. The SMILES string of the molecule is COc1ccc(N=CC2C(C(C)(C)C)=CC(C(C)(C)C)=C(P=S)C2C(C)(C)C)cc1. The van der Waals surface area contributed by atoms with Gasteiger partial charge in [-0.1, -0.05) is 85.8 Å². The number of methoxy groups -OCH3 is 1. The lowest BCUT2D eigenvalue weighted by atomic mass is 9.61. The van der Waals surface area contributed by atoms with Crippen LogP contribution in [0.3, 0.4) is 0 Å². The number of allylic oxidation sites excluding steroid dienone is 4. The summed E-state index contributed by atoms with van der Waals surface area (Å²) < 4.78 is 5.28. The van der Waals surface area contributed by atoms with Crippen molar-refractivity contribution in [2.45, 2.75) is 62.3 Å². The molecule has 0 aromatic heterocycles. The van der Waals surface area contributed by atoms with Gasteiger partial charge < -0.3 is 4.74 Å². The predicted molar refractivity (Wildman–Crippen MR) is 136 cm³/mol. The maximum Gasteiger partial charge on any atom is 0.119 e. The topological polar surface area (TPSA) is 21.6 Å². The van der Waals surface area contributed by atoms with Gasteiger partial charge in [-0.2, -0.15) is 0 Å². The number of hydrogen-bond acceptors (Lipinski definition) is 3. The fourth-order valence-corrected chi connectivity index (χ4v) is 6.01. The monoisotopic (exact) mass is 443 g/mol. The normalized spacial score (nSPS) is 21.3. The largest absolute Gasteiger partial charge is 0.497 e. The zero-order chi connectivity index (χ0) is 22.9. The van der Waals surface area contributed by atoms with Gasteiger partial charge >= 0.3 is 0 Å². The molecule has 0 saturated heterocycles. The summed E-state index contributed by atoms with van der Waals surface area (Å²) in [6.07, 6.45) is 4.59. The number of benzene rings is 1. The number of nitrogens with zero attached hydrogens (tertiary/aromatic N) is 1. The molecule has 0 bridgehead atoms. The molecule has 0 saturated carbocycles. The smallest absolute Gasteiger partial charge is 0.119 e. The number of hydrogen-bond donors (Lipinski definition) is 0. The molecule has 1 aliphatic carbocycles. The van der Waals surface area contributed by atoms with Gasteiger partial charge in [0.2, 0.25) is 0 Å². The Morgan fingerprint density at radius 2 is 1.50 bits per heavy atom. The van der Waals surface area contributed by atoms with Gasteiger partial charge in [-0.15, -0.1) is 0 Å². The summed E-state index contributed by atoms with van der Waals surface area (Å²) in [6.45, 7) is 20.8. The molecule has 0 fully saturated rings. The van der Waals surface area contributed by atoms with Crippen molar-refractivity contribution in [2.24, 2.45) is 33.1 Å². The van der Waals surface area contributed by atoms with E-state index in [-0.39, 0.29) is 22.2 Å². The number of ether oxygens (including phenoxy) is 1. The van der Waals surface area contributed by atoms with Crippen LogP contribution in [0.4, 0.5) is 5.69 Å². The van der Waals surface area contributed by atoms with Crippen LogP contribution in [0.15, 0.2) is 51.8 Å². The number of aliphatic imine (C=N–C) groups is 1. The Balaban J connectivity index is 2.67. The molecule has 0 spiro atoms. The van der Waals surface area contributed by atoms with Gasteiger partial charge in [-0.25, -0.2) is 0 Å². The van der Waals surface area contributed by atoms with Crippen LogP contribution in [0.2, 0.25) is 0 Å². The predicted octanol–water partition coefficient (Wildman–Crippen LogP) is 8.37. The van der Waals surface area contributed by atoms with E-state index in [1.807, 2.05) is 24.3 Å². The van der Waals surface area contributed by atoms with Gasteiger partial charge in [0.15, 0.2) is 0 Å². The van der Waals surface area contributed by atoms with Crippen molar-refractivity contribution in [3.8, 4) is 5.75 Å². The molecule has 0 heterocycles.